The van der Waals surface area contributed by atoms with Crippen molar-refractivity contribution in [2.45, 2.75) is 6.54 Å². The largest absolute Gasteiger partial charge is 0.442 e. The van der Waals surface area contributed by atoms with E-state index in [1.165, 1.54) is 21.5 Å². The molecule has 3 heterocycles. The van der Waals surface area contributed by atoms with Gasteiger partial charge in [-0.1, -0.05) is 17.3 Å². The van der Waals surface area contributed by atoms with Crippen LogP contribution < -0.4 is 11.3 Å². The molecule has 0 fully saturated rings. The number of nitrogens with zero attached hydrogens (tertiary/aromatic N) is 6. The lowest BCUT2D eigenvalue weighted by Crippen LogP contribution is -2.26. The number of hydrogen-bond donors (Lipinski definition) is 0. The molecule has 0 bridgehead atoms. The van der Waals surface area contributed by atoms with E-state index in [1.54, 1.807) is 37.4 Å². The SMILES string of the molecule is Cn1c(Cn2c(-c3ncccn3)noc2=O)nc2ccccc2c1=O. The van der Waals surface area contributed by atoms with Crippen LogP contribution in [-0.2, 0) is 13.6 Å². The van der Waals surface area contributed by atoms with Crippen molar-refractivity contribution in [3.05, 3.63) is 69.5 Å². The van der Waals surface area contributed by atoms with Crippen LogP contribution >= 0.6 is 0 Å². The minimum atomic E-state index is -0.676. The molecule has 0 aliphatic rings. The Morgan fingerprint density at radius 2 is 1.84 bits per heavy atom. The maximum Gasteiger partial charge on any atom is 0.442 e. The molecular weight excluding hydrogens is 324 g/mol. The fraction of sp³-hybridized carbons (Fsp3) is 0.125. The summed E-state index contributed by atoms with van der Waals surface area (Å²) in [5, 5.41) is 4.24. The van der Waals surface area contributed by atoms with E-state index in [4.69, 9.17) is 4.52 Å². The van der Waals surface area contributed by atoms with Gasteiger partial charge >= 0.3 is 5.76 Å². The standard InChI is InChI=1S/C16H12N6O3/c1-21-12(19-11-6-3-2-5-10(11)15(21)23)9-22-14(20-25-16(22)24)13-17-7-4-8-18-13/h2-8H,9H2,1H3. The Morgan fingerprint density at radius 3 is 2.64 bits per heavy atom. The summed E-state index contributed by atoms with van der Waals surface area (Å²) in [7, 11) is 1.61. The molecular formula is C16H12N6O3. The predicted molar refractivity (Wildman–Crippen MR) is 87.9 cm³/mol. The topological polar surface area (TPSA) is 109 Å². The van der Waals surface area contributed by atoms with Gasteiger partial charge in [-0.2, -0.15) is 0 Å². The molecule has 124 valence electrons. The van der Waals surface area contributed by atoms with Crippen LogP contribution in [0.1, 0.15) is 5.82 Å². The average molecular weight is 336 g/mol. The van der Waals surface area contributed by atoms with Gasteiger partial charge in [0.15, 0.2) is 5.82 Å². The molecule has 0 N–H and O–H groups in total. The smallest absolute Gasteiger partial charge is 0.298 e. The Kier molecular flexibility index (Phi) is 3.46. The summed E-state index contributed by atoms with van der Waals surface area (Å²) in [6.07, 6.45) is 3.08. The van der Waals surface area contributed by atoms with Crippen molar-refractivity contribution < 1.29 is 4.52 Å². The summed E-state index contributed by atoms with van der Waals surface area (Å²) in [6.45, 7) is 0.00644. The van der Waals surface area contributed by atoms with Gasteiger partial charge in [0.1, 0.15) is 5.82 Å². The Morgan fingerprint density at radius 1 is 1.08 bits per heavy atom. The van der Waals surface area contributed by atoms with Crippen molar-refractivity contribution in [2.24, 2.45) is 7.05 Å². The monoisotopic (exact) mass is 336 g/mol. The molecule has 4 rings (SSSR count). The molecule has 0 saturated heterocycles. The van der Waals surface area contributed by atoms with E-state index in [-0.39, 0.29) is 23.8 Å². The molecule has 1 aromatic carbocycles. The highest BCUT2D eigenvalue weighted by Crippen LogP contribution is 2.12. The summed E-state index contributed by atoms with van der Waals surface area (Å²) in [5.41, 5.74) is 0.366. The summed E-state index contributed by atoms with van der Waals surface area (Å²) in [4.78, 5) is 37.2. The van der Waals surface area contributed by atoms with E-state index in [0.29, 0.717) is 16.7 Å². The predicted octanol–water partition coefficient (Wildman–Crippen LogP) is 0.588. The molecule has 0 unspecified atom stereocenters. The van der Waals surface area contributed by atoms with Gasteiger partial charge in [0.05, 0.1) is 17.4 Å². The minimum Gasteiger partial charge on any atom is -0.298 e. The third-order valence-corrected chi connectivity index (χ3v) is 3.83. The molecule has 0 amide bonds. The van der Waals surface area contributed by atoms with Gasteiger partial charge in [-0.25, -0.2) is 24.3 Å². The number of fused-ring (bicyclic) bond motifs is 1. The van der Waals surface area contributed by atoms with E-state index in [1.807, 2.05) is 0 Å². The fourth-order valence-electron chi connectivity index (χ4n) is 2.53. The van der Waals surface area contributed by atoms with Crippen LogP contribution in [0.4, 0.5) is 0 Å². The van der Waals surface area contributed by atoms with Gasteiger partial charge in [0.25, 0.3) is 5.56 Å². The van der Waals surface area contributed by atoms with Crippen molar-refractivity contribution in [3.63, 3.8) is 0 Å². The summed E-state index contributed by atoms with van der Waals surface area (Å²) >= 11 is 0. The van der Waals surface area contributed by atoms with Gasteiger partial charge < -0.3 is 0 Å². The van der Waals surface area contributed by atoms with E-state index < -0.39 is 5.76 Å². The Bertz CT molecular complexity index is 1180. The lowest BCUT2D eigenvalue weighted by Gasteiger charge is -2.09. The van der Waals surface area contributed by atoms with Crippen molar-refractivity contribution in [3.8, 4) is 11.6 Å². The van der Waals surface area contributed by atoms with Crippen LogP contribution in [0.3, 0.4) is 0 Å². The number of hydrogen-bond acceptors (Lipinski definition) is 7. The molecule has 0 radical (unpaired) electrons. The molecule has 25 heavy (non-hydrogen) atoms. The first-order chi connectivity index (χ1) is 12.1. The zero-order chi connectivity index (χ0) is 17.4. The van der Waals surface area contributed by atoms with E-state index in [2.05, 4.69) is 20.1 Å². The van der Waals surface area contributed by atoms with Crippen molar-refractivity contribution in [1.29, 1.82) is 0 Å². The second-order valence-electron chi connectivity index (χ2n) is 5.34. The lowest BCUT2D eigenvalue weighted by atomic mass is 10.2. The maximum atomic E-state index is 12.5. The molecule has 0 spiro atoms. The van der Waals surface area contributed by atoms with Gasteiger partial charge in [0.2, 0.25) is 5.82 Å². The number of aromatic nitrogens is 6. The van der Waals surface area contributed by atoms with Crippen molar-refractivity contribution in [2.75, 3.05) is 0 Å². The molecule has 4 aromatic rings. The zero-order valence-corrected chi connectivity index (χ0v) is 13.2. The normalized spacial score (nSPS) is 11.1. The Balaban J connectivity index is 1.86. The first kappa shape index (κ1) is 14.9. The van der Waals surface area contributed by atoms with Gasteiger partial charge in [-0.15, -0.1) is 0 Å². The second-order valence-corrected chi connectivity index (χ2v) is 5.34. The average Bonchev–Trinajstić information content (AvgIpc) is 3.01. The number of benzene rings is 1. The third-order valence-electron chi connectivity index (χ3n) is 3.83. The van der Waals surface area contributed by atoms with E-state index >= 15 is 0 Å². The summed E-state index contributed by atoms with van der Waals surface area (Å²) in [6, 6.07) is 8.69. The van der Waals surface area contributed by atoms with Crippen LogP contribution in [0.25, 0.3) is 22.6 Å². The van der Waals surface area contributed by atoms with Crippen LogP contribution in [0.5, 0.6) is 0 Å². The van der Waals surface area contributed by atoms with Crippen molar-refractivity contribution in [1.82, 2.24) is 29.2 Å². The van der Waals surface area contributed by atoms with Gasteiger partial charge in [-0.3, -0.25) is 13.9 Å². The van der Waals surface area contributed by atoms with E-state index in [0.717, 1.165) is 0 Å². The van der Waals surface area contributed by atoms with Crippen LogP contribution in [0.15, 0.2) is 56.8 Å². The third kappa shape index (κ3) is 2.51. The zero-order valence-electron chi connectivity index (χ0n) is 13.2. The lowest BCUT2D eigenvalue weighted by molar-refractivity contribution is 0.377. The number of rotatable bonds is 3. The fourth-order valence-corrected chi connectivity index (χ4v) is 2.53. The number of para-hydroxylation sites is 1. The minimum absolute atomic E-state index is 0.00644. The second kappa shape index (κ2) is 5.78. The summed E-state index contributed by atoms with van der Waals surface area (Å²) < 4.78 is 7.38. The first-order valence-electron chi connectivity index (χ1n) is 7.43. The summed E-state index contributed by atoms with van der Waals surface area (Å²) in [5.74, 6) is 0.142. The quantitative estimate of drug-likeness (QED) is 0.538. The highest BCUT2D eigenvalue weighted by Gasteiger charge is 2.18. The van der Waals surface area contributed by atoms with Gasteiger partial charge in [0, 0.05) is 19.4 Å². The van der Waals surface area contributed by atoms with Crippen molar-refractivity contribution >= 4 is 10.9 Å². The Hall–Kier alpha value is -3.62. The van der Waals surface area contributed by atoms with Gasteiger partial charge in [-0.05, 0) is 18.2 Å². The molecule has 0 atom stereocenters. The first-order valence-corrected chi connectivity index (χ1v) is 7.43. The highest BCUT2D eigenvalue weighted by atomic mass is 16.5. The maximum absolute atomic E-state index is 12.5. The molecule has 0 saturated carbocycles. The van der Waals surface area contributed by atoms with Crippen LogP contribution in [0, 0.1) is 0 Å². The van der Waals surface area contributed by atoms with E-state index in [9.17, 15) is 9.59 Å². The molecule has 0 aliphatic heterocycles. The van der Waals surface area contributed by atoms with Crippen LogP contribution in [0.2, 0.25) is 0 Å². The molecule has 9 heteroatoms. The Labute approximate surface area is 140 Å². The molecule has 0 aliphatic carbocycles. The molecule has 9 nitrogen and oxygen atoms in total. The van der Waals surface area contributed by atoms with Crippen LogP contribution in [-0.4, -0.2) is 29.2 Å². The highest BCUT2D eigenvalue weighted by molar-refractivity contribution is 5.77. The molecule has 3 aromatic heterocycles.